The normalized spacial score (nSPS) is 14.7. The van der Waals surface area contributed by atoms with Crippen LogP contribution < -0.4 is 16.0 Å². The van der Waals surface area contributed by atoms with E-state index in [1.165, 1.54) is 0 Å². The van der Waals surface area contributed by atoms with Crippen molar-refractivity contribution in [2.24, 2.45) is 0 Å². The van der Waals surface area contributed by atoms with Crippen molar-refractivity contribution in [3.63, 3.8) is 0 Å². The van der Waals surface area contributed by atoms with E-state index in [0.717, 1.165) is 5.69 Å². The molecule has 0 fully saturated rings. The molecule has 0 aliphatic carbocycles. The summed E-state index contributed by atoms with van der Waals surface area (Å²) >= 11 is 5.88. The lowest BCUT2D eigenvalue weighted by molar-refractivity contribution is -0.110. The van der Waals surface area contributed by atoms with Gasteiger partial charge in [0.2, 0.25) is 0 Å². The SMILES string of the molecule is CNC(=O)c1ccc2c(c1)C(=C(C)Nc1ccc(Cl)cc1)C(=O)N2. The van der Waals surface area contributed by atoms with Crippen LogP contribution in [0, 0.1) is 0 Å². The second-order valence-corrected chi connectivity index (χ2v) is 5.86. The number of carbonyl (C=O) groups excluding carboxylic acids is 2. The highest BCUT2D eigenvalue weighted by Gasteiger charge is 2.27. The summed E-state index contributed by atoms with van der Waals surface area (Å²) in [5, 5.41) is 9.25. The van der Waals surface area contributed by atoms with Crippen LogP contribution in [0.25, 0.3) is 5.57 Å². The van der Waals surface area contributed by atoms with Gasteiger partial charge in [-0.1, -0.05) is 11.6 Å². The van der Waals surface area contributed by atoms with Gasteiger partial charge >= 0.3 is 0 Å². The largest absolute Gasteiger partial charge is 0.358 e. The highest BCUT2D eigenvalue weighted by atomic mass is 35.5. The van der Waals surface area contributed by atoms with Crippen LogP contribution >= 0.6 is 11.6 Å². The van der Waals surface area contributed by atoms with E-state index in [-0.39, 0.29) is 11.8 Å². The van der Waals surface area contributed by atoms with Gasteiger partial charge in [0.25, 0.3) is 11.8 Å². The van der Waals surface area contributed by atoms with Gasteiger partial charge in [0.15, 0.2) is 0 Å². The molecule has 2 amide bonds. The minimum atomic E-state index is -0.196. The average molecular weight is 342 g/mol. The molecule has 122 valence electrons. The van der Waals surface area contributed by atoms with Crippen LogP contribution in [0.1, 0.15) is 22.8 Å². The third kappa shape index (κ3) is 2.98. The molecule has 1 aliphatic rings. The second kappa shape index (κ2) is 6.37. The maximum atomic E-state index is 12.3. The molecule has 24 heavy (non-hydrogen) atoms. The fourth-order valence-electron chi connectivity index (χ4n) is 2.64. The minimum Gasteiger partial charge on any atom is -0.358 e. The minimum absolute atomic E-state index is 0.195. The van der Waals surface area contributed by atoms with E-state index in [1.807, 2.05) is 19.1 Å². The van der Waals surface area contributed by atoms with Crippen LogP contribution in [0.5, 0.6) is 0 Å². The van der Waals surface area contributed by atoms with Gasteiger partial charge in [-0.05, 0) is 49.4 Å². The molecule has 0 atom stereocenters. The van der Waals surface area contributed by atoms with Crippen molar-refractivity contribution in [1.29, 1.82) is 0 Å². The summed E-state index contributed by atoms with van der Waals surface area (Å²) < 4.78 is 0. The molecule has 2 aromatic carbocycles. The predicted octanol–water partition coefficient (Wildman–Crippen LogP) is 3.49. The lowest BCUT2D eigenvalue weighted by atomic mass is 10.0. The number of allylic oxidation sites excluding steroid dienone is 1. The maximum Gasteiger partial charge on any atom is 0.258 e. The van der Waals surface area contributed by atoms with E-state index >= 15 is 0 Å². The zero-order valence-electron chi connectivity index (χ0n) is 13.2. The summed E-state index contributed by atoms with van der Waals surface area (Å²) in [6.07, 6.45) is 0. The number of amides is 2. The Labute approximate surface area is 144 Å². The molecule has 0 spiro atoms. The Morgan fingerprint density at radius 2 is 1.83 bits per heavy atom. The third-order valence-corrected chi connectivity index (χ3v) is 4.06. The molecule has 3 N–H and O–H groups in total. The van der Waals surface area contributed by atoms with E-state index in [2.05, 4.69) is 16.0 Å². The Morgan fingerprint density at radius 1 is 1.12 bits per heavy atom. The molecule has 2 aromatic rings. The fourth-order valence-corrected chi connectivity index (χ4v) is 2.76. The highest BCUT2D eigenvalue weighted by Crippen LogP contribution is 2.34. The average Bonchev–Trinajstić information content (AvgIpc) is 2.91. The van der Waals surface area contributed by atoms with Crippen molar-refractivity contribution >= 4 is 40.4 Å². The quantitative estimate of drug-likeness (QED) is 0.748. The molecule has 3 rings (SSSR count). The van der Waals surface area contributed by atoms with Crippen LogP contribution in [0.2, 0.25) is 5.02 Å². The molecular formula is C18H16ClN3O2. The standard InChI is InChI=1S/C18H16ClN3O2/c1-10(21-13-6-4-12(19)5-7-13)16-14-9-11(17(23)20-2)3-8-15(14)22-18(16)24/h3-9,21H,1-2H3,(H,20,23)(H,22,24). The van der Waals surface area contributed by atoms with Crippen LogP contribution in [-0.4, -0.2) is 18.9 Å². The zero-order chi connectivity index (χ0) is 17.3. The van der Waals surface area contributed by atoms with Gasteiger partial charge in [-0.3, -0.25) is 9.59 Å². The molecule has 0 saturated carbocycles. The summed E-state index contributed by atoms with van der Waals surface area (Å²) in [5.74, 6) is -0.391. The summed E-state index contributed by atoms with van der Waals surface area (Å²) in [6, 6.07) is 12.3. The van der Waals surface area contributed by atoms with E-state index in [0.29, 0.717) is 33.1 Å². The van der Waals surface area contributed by atoms with Gasteiger partial charge in [0.1, 0.15) is 0 Å². The Morgan fingerprint density at radius 3 is 2.50 bits per heavy atom. The molecule has 0 radical (unpaired) electrons. The Bertz CT molecular complexity index is 857. The molecule has 6 heteroatoms. The number of hydrogen-bond acceptors (Lipinski definition) is 3. The van der Waals surface area contributed by atoms with Crippen molar-refractivity contribution in [3.05, 3.63) is 64.3 Å². The summed E-state index contributed by atoms with van der Waals surface area (Å²) in [7, 11) is 1.57. The number of hydrogen-bond donors (Lipinski definition) is 3. The number of rotatable bonds is 3. The van der Waals surface area contributed by atoms with Crippen LogP contribution in [0.3, 0.4) is 0 Å². The smallest absolute Gasteiger partial charge is 0.258 e. The lowest BCUT2D eigenvalue weighted by Gasteiger charge is -2.10. The Kier molecular flexibility index (Phi) is 4.27. The number of nitrogens with one attached hydrogen (secondary N) is 3. The number of halogens is 1. The maximum absolute atomic E-state index is 12.3. The number of fused-ring (bicyclic) bond motifs is 1. The molecular weight excluding hydrogens is 326 g/mol. The summed E-state index contributed by atoms with van der Waals surface area (Å²) in [6.45, 7) is 1.82. The number of benzene rings is 2. The zero-order valence-corrected chi connectivity index (χ0v) is 14.0. The highest BCUT2D eigenvalue weighted by molar-refractivity contribution is 6.32. The van der Waals surface area contributed by atoms with Gasteiger partial charge in [0.05, 0.1) is 5.57 Å². The number of anilines is 2. The van der Waals surface area contributed by atoms with Crippen molar-refractivity contribution in [3.8, 4) is 0 Å². The topological polar surface area (TPSA) is 70.2 Å². The Hall–Kier alpha value is -2.79. The van der Waals surface area contributed by atoms with Crippen molar-refractivity contribution in [2.75, 3.05) is 17.7 Å². The van der Waals surface area contributed by atoms with Crippen molar-refractivity contribution in [1.82, 2.24) is 5.32 Å². The molecule has 0 aromatic heterocycles. The second-order valence-electron chi connectivity index (χ2n) is 5.43. The molecule has 0 unspecified atom stereocenters. The van der Waals surface area contributed by atoms with Gasteiger partial charge in [0, 0.05) is 40.3 Å². The van der Waals surface area contributed by atoms with Gasteiger partial charge in [-0.25, -0.2) is 0 Å². The predicted molar refractivity (Wildman–Crippen MR) is 96.1 cm³/mol. The fraction of sp³-hybridized carbons (Fsp3) is 0.111. The van der Waals surface area contributed by atoms with Crippen molar-refractivity contribution in [2.45, 2.75) is 6.92 Å². The first-order chi connectivity index (χ1) is 11.5. The summed E-state index contributed by atoms with van der Waals surface area (Å²) in [5.41, 5.74) is 3.95. The monoisotopic (exact) mass is 341 g/mol. The van der Waals surface area contributed by atoms with E-state index in [9.17, 15) is 9.59 Å². The molecule has 5 nitrogen and oxygen atoms in total. The van der Waals surface area contributed by atoms with E-state index in [4.69, 9.17) is 11.6 Å². The van der Waals surface area contributed by atoms with E-state index < -0.39 is 0 Å². The van der Waals surface area contributed by atoms with Gasteiger partial charge in [-0.15, -0.1) is 0 Å². The summed E-state index contributed by atoms with van der Waals surface area (Å²) in [4.78, 5) is 24.2. The first-order valence-electron chi connectivity index (χ1n) is 7.41. The van der Waals surface area contributed by atoms with Crippen LogP contribution in [0.15, 0.2) is 48.2 Å². The number of carbonyl (C=O) groups is 2. The first-order valence-corrected chi connectivity index (χ1v) is 7.78. The Balaban J connectivity index is 2.00. The van der Waals surface area contributed by atoms with Gasteiger partial charge in [-0.2, -0.15) is 0 Å². The molecule has 1 aliphatic heterocycles. The first kappa shape index (κ1) is 16.1. The van der Waals surface area contributed by atoms with Crippen LogP contribution in [-0.2, 0) is 4.79 Å². The van der Waals surface area contributed by atoms with Gasteiger partial charge < -0.3 is 16.0 Å². The van der Waals surface area contributed by atoms with Crippen molar-refractivity contribution < 1.29 is 9.59 Å². The third-order valence-electron chi connectivity index (χ3n) is 3.80. The lowest BCUT2D eigenvalue weighted by Crippen LogP contribution is -2.17. The molecule has 1 heterocycles. The van der Waals surface area contributed by atoms with Crippen LogP contribution in [0.4, 0.5) is 11.4 Å². The molecule has 0 saturated heterocycles. The molecule has 0 bridgehead atoms. The van der Waals surface area contributed by atoms with E-state index in [1.54, 1.807) is 37.4 Å².